The van der Waals surface area contributed by atoms with Gasteiger partial charge in [-0.05, 0) is 35.4 Å². The highest BCUT2D eigenvalue weighted by atomic mass is 79.9. The lowest BCUT2D eigenvalue weighted by Crippen LogP contribution is -2.12. The molecule has 2 N–H and O–H groups in total. The van der Waals surface area contributed by atoms with Gasteiger partial charge < -0.3 is 5.73 Å². The molecule has 17 heavy (non-hydrogen) atoms. The van der Waals surface area contributed by atoms with Crippen LogP contribution in [0.4, 0.5) is 4.39 Å². The number of nitrogens with two attached hydrogens (primary N) is 1. The summed E-state index contributed by atoms with van der Waals surface area (Å²) in [5.41, 5.74) is 7.90. The van der Waals surface area contributed by atoms with Crippen LogP contribution in [0.15, 0.2) is 46.9 Å². The minimum absolute atomic E-state index is 0.288. The summed E-state index contributed by atoms with van der Waals surface area (Å²) in [6.45, 7) is 0. The Morgan fingerprint density at radius 2 is 1.76 bits per heavy atom. The molecular formula is C13H10BrClFN. The van der Waals surface area contributed by atoms with E-state index < -0.39 is 0 Å². The van der Waals surface area contributed by atoms with Crippen LogP contribution in [-0.4, -0.2) is 0 Å². The Morgan fingerprint density at radius 1 is 1.12 bits per heavy atom. The fraction of sp³-hybridized carbons (Fsp3) is 0.0769. The van der Waals surface area contributed by atoms with Crippen LogP contribution in [0.1, 0.15) is 17.2 Å². The molecule has 2 rings (SSSR count). The molecule has 0 saturated carbocycles. The van der Waals surface area contributed by atoms with Gasteiger partial charge in [0.2, 0.25) is 0 Å². The van der Waals surface area contributed by atoms with Crippen molar-refractivity contribution in [2.75, 3.05) is 0 Å². The van der Waals surface area contributed by atoms with Crippen LogP contribution in [0.5, 0.6) is 0 Å². The SMILES string of the molecule is NC(c1ccc(Cl)cc1)c1ccc(F)cc1Br. The van der Waals surface area contributed by atoms with Crippen molar-refractivity contribution in [3.8, 4) is 0 Å². The summed E-state index contributed by atoms with van der Waals surface area (Å²) in [5.74, 6) is -0.288. The summed E-state index contributed by atoms with van der Waals surface area (Å²) < 4.78 is 13.6. The molecule has 88 valence electrons. The van der Waals surface area contributed by atoms with Gasteiger partial charge in [0, 0.05) is 9.50 Å². The zero-order valence-electron chi connectivity index (χ0n) is 8.83. The fourth-order valence-electron chi connectivity index (χ4n) is 1.60. The van der Waals surface area contributed by atoms with Gasteiger partial charge in [-0.15, -0.1) is 0 Å². The molecule has 0 bridgehead atoms. The van der Waals surface area contributed by atoms with E-state index in [1.807, 2.05) is 12.1 Å². The number of rotatable bonds is 2. The second kappa shape index (κ2) is 5.17. The fourth-order valence-corrected chi connectivity index (χ4v) is 2.33. The van der Waals surface area contributed by atoms with Gasteiger partial charge in [-0.3, -0.25) is 0 Å². The van der Waals surface area contributed by atoms with E-state index in [2.05, 4.69) is 15.9 Å². The van der Waals surface area contributed by atoms with Crippen LogP contribution < -0.4 is 5.73 Å². The van der Waals surface area contributed by atoms with Gasteiger partial charge >= 0.3 is 0 Å². The van der Waals surface area contributed by atoms with Crippen LogP contribution in [0.25, 0.3) is 0 Å². The smallest absolute Gasteiger partial charge is 0.124 e. The van der Waals surface area contributed by atoms with E-state index in [-0.39, 0.29) is 11.9 Å². The minimum atomic E-state index is -0.303. The monoisotopic (exact) mass is 313 g/mol. The lowest BCUT2D eigenvalue weighted by Gasteiger charge is -2.14. The van der Waals surface area contributed by atoms with E-state index in [9.17, 15) is 4.39 Å². The molecule has 0 aromatic heterocycles. The largest absolute Gasteiger partial charge is 0.320 e. The minimum Gasteiger partial charge on any atom is -0.320 e. The second-order valence-electron chi connectivity index (χ2n) is 3.70. The van der Waals surface area contributed by atoms with Gasteiger partial charge in [-0.25, -0.2) is 4.39 Å². The molecule has 2 aromatic carbocycles. The van der Waals surface area contributed by atoms with Crippen LogP contribution in [0.3, 0.4) is 0 Å². The van der Waals surface area contributed by atoms with Gasteiger partial charge in [-0.2, -0.15) is 0 Å². The first kappa shape index (κ1) is 12.6. The van der Waals surface area contributed by atoms with E-state index in [1.54, 1.807) is 18.2 Å². The normalized spacial score (nSPS) is 12.5. The summed E-state index contributed by atoms with van der Waals surface area (Å²) in [5, 5.41) is 0.666. The highest BCUT2D eigenvalue weighted by Gasteiger charge is 2.12. The Labute approximate surface area is 113 Å². The standard InChI is InChI=1S/C13H10BrClFN/c14-12-7-10(16)5-6-11(12)13(17)8-1-3-9(15)4-2-8/h1-7,13H,17H2. The first-order chi connectivity index (χ1) is 8.08. The molecule has 0 heterocycles. The third kappa shape index (κ3) is 2.86. The van der Waals surface area contributed by atoms with Crippen molar-refractivity contribution >= 4 is 27.5 Å². The molecule has 0 aliphatic rings. The quantitative estimate of drug-likeness (QED) is 0.879. The number of hydrogen-bond donors (Lipinski definition) is 1. The zero-order valence-corrected chi connectivity index (χ0v) is 11.2. The average molecular weight is 315 g/mol. The summed E-state index contributed by atoms with van der Waals surface area (Å²) in [4.78, 5) is 0. The van der Waals surface area contributed by atoms with Gasteiger partial charge in [0.1, 0.15) is 5.82 Å². The molecule has 0 aliphatic carbocycles. The van der Waals surface area contributed by atoms with Crippen LogP contribution in [-0.2, 0) is 0 Å². The number of benzene rings is 2. The molecule has 0 fully saturated rings. The van der Waals surface area contributed by atoms with Gasteiger partial charge in [0.25, 0.3) is 0 Å². The maximum absolute atomic E-state index is 13.0. The highest BCUT2D eigenvalue weighted by Crippen LogP contribution is 2.28. The van der Waals surface area contributed by atoms with Crippen LogP contribution >= 0.6 is 27.5 Å². The van der Waals surface area contributed by atoms with Gasteiger partial charge in [-0.1, -0.05) is 45.7 Å². The highest BCUT2D eigenvalue weighted by molar-refractivity contribution is 9.10. The molecule has 0 aliphatic heterocycles. The average Bonchev–Trinajstić information content (AvgIpc) is 2.29. The molecule has 1 atom stereocenters. The summed E-state index contributed by atoms with van der Waals surface area (Å²) in [7, 11) is 0. The van der Waals surface area contributed by atoms with E-state index in [0.29, 0.717) is 9.50 Å². The predicted molar refractivity (Wildman–Crippen MR) is 71.6 cm³/mol. The van der Waals surface area contributed by atoms with Crippen molar-refractivity contribution in [1.82, 2.24) is 0 Å². The van der Waals surface area contributed by atoms with E-state index in [1.165, 1.54) is 12.1 Å². The third-order valence-corrected chi connectivity index (χ3v) is 3.47. The Bertz CT molecular complexity index is 527. The predicted octanol–water partition coefficient (Wildman–Crippen LogP) is 4.29. The van der Waals surface area contributed by atoms with Crippen molar-refractivity contribution in [3.05, 3.63) is 68.9 Å². The Kier molecular flexibility index (Phi) is 3.82. The van der Waals surface area contributed by atoms with Crippen molar-refractivity contribution in [2.45, 2.75) is 6.04 Å². The first-order valence-corrected chi connectivity index (χ1v) is 6.21. The zero-order chi connectivity index (χ0) is 12.4. The first-order valence-electron chi connectivity index (χ1n) is 5.04. The Balaban J connectivity index is 2.36. The second-order valence-corrected chi connectivity index (χ2v) is 4.99. The van der Waals surface area contributed by atoms with Gasteiger partial charge in [0.05, 0.1) is 6.04 Å². The summed E-state index contributed by atoms with van der Waals surface area (Å²) >= 11 is 9.13. The van der Waals surface area contributed by atoms with Crippen molar-refractivity contribution < 1.29 is 4.39 Å². The maximum Gasteiger partial charge on any atom is 0.124 e. The van der Waals surface area contributed by atoms with Crippen molar-refractivity contribution in [2.24, 2.45) is 5.73 Å². The summed E-state index contributed by atoms with van der Waals surface area (Å²) in [6.07, 6.45) is 0. The molecule has 0 spiro atoms. The Hall–Kier alpha value is -0.900. The number of halogens is 3. The van der Waals surface area contributed by atoms with Crippen molar-refractivity contribution in [1.29, 1.82) is 0 Å². The van der Waals surface area contributed by atoms with Crippen molar-refractivity contribution in [3.63, 3.8) is 0 Å². The molecular weight excluding hydrogens is 305 g/mol. The lowest BCUT2D eigenvalue weighted by molar-refractivity contribution is 0.625. The molecule has 1 nitrogen and oxygen atoms in total. The van der Waals surface area contributed by atoms with Gasteiger partial charge in [0.15, 0.2) is 0 Å². The molecule has 0 amide bonds. The topological polar surface area (TPSA) is 26.0 Å². The summed E-state index contributed by atoms with van der Waals surface area (Å²) in [6, 6.07) is 11.5. The molecule has 0 radical (unpaired) electrons. The number of hydrogen-bond acceptors (Lipinski definition) is 1. The molecule has 0 saturated heterocycles. The third-order valence-electron chi connectivity index (χ3n) is 2.53. The van der Waals surface area contributed by atoms with E-state index in [4.69, 9.17) is 17.3 Å². The van der Waals surface area contributed by atoms with Crippen LogP contribution in [0, 0.1) is 5.82 Å². The van der Waals surface area contributed by atoms with E-state index in [0.717, 1.165) is 11.1 Å². The molecule has 2 aromatic rings. The molecule has 4 heteroatoms. The Morgan fingerprint density at radius 3 is 2.35 bits per heavy atom. The maximum atomic E-state index is 13.0. The van der Waals surface area contributed by atoms with Crippen LogP contribution in [0.2, 0.25) is 5.02 Å². The molecule has 1 unspecified atom stereocenters. The lowest BCUT2D eigenvalue weighted by atomic mass is 10.00. The van der Waals surface area contributed by atoms with E-state index >= 15 is 0 Å².